The molecular weight excluding hydrogens is 232 g/mol. The molecule has 3 heteroatoms. The minimum atomic E-state index is -0.220. The van der Waals surface area contributed by atoms with E-state index >= 15 is 0 Å². The SMILES string of the molecule is Cc1cc(NCc2ccc(C)c(F)c2)ccc1F. The lowest BCUT2D eigenvalue weighted by molar-refractivity contribution is 0.616. The van der Waals surface area contributed by atoms with E-state index in [1.165, 1.54) is 12.1 Å². The van der Waals surface area contributed by atoms with Gasteiger partial charge in [-0.2, -0.15) is 0 Å². The van der Waals surface area contributed by atoms with Crippen LogP contribution in [0.25, 0.3) is 0 Å². The van der Waals surface area contributed by atoms with Gasteiger partial charge in [0.1, 0.15) is 11.6 Å². The number of hydrogen-bond donors (Lipinski definition) is 1. The van der Waals surface area contributed by atoms with Gasteiger partial charge in [-0.25, -0.2) is 8.78 Å². The first-order chi connectivity index (χ1) is 8.56. The third-order valence-electron chi connectivity index (χ3n) is 2.89. The van der Waals surface area contributed by atoms with Crippen LogP contribution in [0.5, 0.6) is 0 Å². The zero-order valence-electron chi connectivity index (χ0n) is 10.4. The zero-order valence-corrected chi connectivity index (χ0v) is 10.4. The van der Waals surface area contributed by atoms with Crippen LogP contribution in [0.2, 0.25) is 0 Å². The van der Waals surface area contributed by atoms with Crippen LogP contribution in [0, 0.1) is 25.5 Å². The standard InChI is InChI=1S/C15H15F2N/c1-10-3-4-12(8-15(10)17)9-18-13-5-6-14(16)11(2)7-13/h3-8,18H,9H2,1-2H3. The highest BCUT2D eigenvalue weighted by molar-refractivity contribution is 5.46. The van der Waals surface area contributed by atoms with Gasteiger partial charge in [-0.15, -0.1) is 0 Å². The van der Waals surface area contributed by atoms with Crippen LogP contribution >= 0.6 is 0 Å². The molecule has 0 radical (unpaired) electrons. The number of aryl methyl sites for hydroxylation is 2. The molecule has 0 aromatic heterocycles. The molecule has 0 aliphatic heterocycles. The Morgan fingerprint density at radius 2 is 1.67 bits per heavy atom. The molecule has 0 atom stereocenters. The molecule has 94 valence electrons. The van der Waals surface area contributed by atoms with Gasteiger partial charge in [0.25, 0.3) is 0 Å². The molecule has 0 fully saturated rings. The molecule has 0 aliphatic rings. The van der Waals surface area contributed by atoms with Gasteiger partial charge < -0.3 is 5.32 Å². The fraction of sp³-hybridized carbons (Fsp3) is 0.200. The predicted octanol–water partition coefficient (Wildman–Crippen LogP) is 4.19. The van der Waals surface area contributed by atoms with Gasteiger partial charge in [0.15, 0.2) is 0 Å². The second-order valence-electron chi connectivity index (χ2n) is 4.40. The molecule has 1 nitrogen and oxygen atoms in total. The van der Waals surface area contributed by atoms with Crippen molar-refractivity contribution >= 4 is 5.69 Å². The van der Waals surface area contributed by atoms with Crippen LogP contribution in [0.4, 0.5) is 14.5 Å². The van der Waals surface area contributed by atoms with Gasteiger partial charge in [0, 0.05) is 12.2 Å². The lowest BCUT2D eigenvalue weighted by Gasteiger charge is -2.08. The van der Waals surface area contributed by atoms with Gasteiger partial charge in [-0.05, 0) is 54.8 Å². The maximum atomic E-state index is 13.3. The van der Waals surface area contributed by atoms with E-state index < -0.39 is 0 Å². The van der Waals surface area contributed by atoms with Crippen LogP contribution in [0.15, 0.2) is 36.4 Å². The van der Waals surface area contributed by atoms with Crippen molar-refractivity contribution in [1.29, 1.82) is 0 Å². The second-order valence-corrected chi connectivity index (χ2v) is 4.40. The number of halogens is 2. The summed E-state index contributed by atoms with van der Waals surface area (Å²) in [5, 5.41) is 3.14. The van der Waals surface area contributed by atoms with Crippen LogP contribution in [0.1, 0.15) is 16.7 Å². The van der Waals surface area contributed by atoms with Crippen molar-refractivity contribution in [2.24, 2.45) is 0 Å². The number of anilines is 1. The molecule has 0 heterocycles. The first-order valence-corrected chi connectivity index (χ1v) is 5.81. The highest BCUT2D eigenvalue weighted by atomic mass is 19.1. The van der Waals surface area contributed by atoms with E-state index in [0.717, 1.165) is 11.3 Å². The largest absolute Gasteiger partial charge is 0.381 e. The molecule has 0 spiro atoms. The second kappa shape index (κ2) is 5.17. The molecule has 2 aromatic carbocycles. The normalized spacial score (nSPS) is 10.4. The van der Waals surface area contributed by atoms with Crippen molar-refractivity contribution in [3.05, 3.63) is 64.7 Å². The third kappa shape index (κ3) is 2.86. The lowest BCUT2D eigenvalue weighted by atomic mass is 10.1. The van der Waals surface area contributed by atoms with Crippen molar-refractivity contribution in [2.45, 2.75) is 20.4 Å². The van der Waals surface area contributed by atoms with Gasteiger partial charge in [0.2, 0.25) is 0 Å². The summed E-state index contributed by atoms with van der Waals surface area (Å²) in [6.07, 6.45) is 0. The Bertz CT molecular complexity index is 513. The minimum Gasteiger partial charge on any atom is -0.381 e. The molecule has 0 saturated carbocycles. The van der Waals surface area contributed by atoms with E-state index in [1.807, 2.05) is 6.07 Å². The molecule has 0 amide bonds. The molecule has 0 saturated heterocycles. The summed E-state index contributed by atoms with van der Waals surface area (Å²) in [7, 11) is 0. The summed E-state index contributed by atoms with van der Waals surface area (Å²) >= 11 is 0. The minimum absolute atomic E-state index is 0.204. The van der Waals surface area contributed by atoms with Crippen LogP contribution in [0.3, 0.4) is 0 Å². The van der Waals surface area contributed by atoms with Gasteiger partial charge >= 0.3 is 0 Å². The Kier molecular flexibility index (Phi) is 3.60. The smallest absolute Gasteiger partial charge is 0.126 e. The number of nitrogens with one attached hydrogen (secondary N) is 1. The Labute approximate surface area is 105 Å². The first-order valence-electron chi connectivity index (χ1n) is 5.81. The Morgan fingerprint density at radius 1 is 0.889 bits per heavy atom. The summed E-state index contributed by atoms with van der Waals surface area (Å²) in [5.74, 6) is -0.425. The topological polar surface area (TPSA) is 12.0 Å². The van der Waals surface area contributed by atoms with E-state index in [2.05, 4.69) is 5.32 Å². The van der Waals surface area contributed by atoms with Gasteiger partial charge in [-0.1, -0.05) is 12.1 Å². The van der Waals surface area contributed by atoms with Crippen LogP contribution in [-0.4, -0.2) is 0 Å². The molecule has 0 unspecified atom stereocenters. The van der Waals surface area contributed by atoms with Crippen LogP contribution < -0.4 is 5.32 Å². The van der Waals surface area contributed by atoms with E-state index in [0.29, 0.717) is 17.7 Å². The fourth-order valence-corrected chi connectivity index (χ4v) is 1.71. The van der Waals surface area contributed by atoms with E-state index in [4.69, 9.17) is 0 Å². The summed E-state index contributed by atoms with van der Waals surface area (Å²) < 4.78 is 26.4. The van der Waals surface area contributed by atoms with Crippen LogP contribution in [-0.2, 0) is 6.54 Å². The van der Waals surface area contributed by atoms with E-state index in [1.54, 1.807) is 32.0 Å². The van der Waals surface area contributed by atoms with Crippen molar-refractivity contribution < 1.29 is 8.78 Å². The summed E-state index contributed by atoms with van der Waals surface area (Å²) in [6.45, 7) is 3.96. The molecular formula is C15H15F2N. The molecule has 18 heavy (non-hydrogen) atoms. The number of rotatable bonds is 3. The Hall–Kier alpha value is -1.90. The maximum absolute atomic E-state index is 13.3. The Morgan fingerprint density at radius 3 is 2.33 bits per heavy atom. The van der Waals surface area contributed by atoms with Crippen molar-refractivity contribution in [3.63, 3.8) is 0 Å². The number of benzene rings is 2. The summed E-state index contributed by atoms with van der Waals surface area (Å²) in [5.41, 5.74) is 2.92. The van der Waals surface area contributed by atoms with Crippen molar-refractivity contribution in [2.75, 3.05) is 5.32 Å². The molecule has 2 rings (SSSR count). The van der Waals surface area contributed by atoms with Crippen molar-refractivity contribution in [3.8, 4) is 0 Å². The lowest BCUT2D eigenvalue weighted by Crippen LogP contribution is -2.01. The Balaban J connectivity index is 2.06. The average molecular weight is 247 g/mol. The maximum Gasteiger partial charge on any atom is 0.126 e. The molecule has 0 aliphatic carbocycles. The molecule has 0 bridgehead atoms. The first kappa shape index (κ1) is 12.6. The highest BCUT2D eigenvalue weighted by Crippen LogP contribution is 2.15. The fourth-order valence-electron chi connectivity index (χ4n) is 1.71. The molecule has 2 aromatic rings. The predicted molar refractivity (Wildman–Crippen MR) is 69.6 cm³/mol. The third-order valence-corrected chi connectivity index (χ3v) is 2.89. The van der Waals surface area contributed by atoms with E-state index in [-0.39, 0.29) is 11.6 Å². The molecule has 1 N–H and O–H groups in total. The van der Waals surface area contributed by atoms with Gasteiger partial charge in [-0.3, -0.25) is 0 Å². The quantitative estimate of drug-likeness (QED) is 0.857. The zero-order chi connectivity index (χ0) is 13.1. The monoisotopic (exact) mass is 247 g/mol. The average Bonchev–Trinajstić information content (AvgIpc) is 2.35. The summed E-state index contributed by atoms with van der Waals surface area (Å²) in [6, 6.07) is 9.98. The van der Waals surface area contributed by atoms with Gasteiger partial charge in [0.05, 0.1) is 0 Å². The number of hydrogen-bond acceptors (Lipinski definition) is 1. The van der Waals surface area contributed by atoms with E-state index in [9.17, 15) is 8.78 Å². The highest BCUT2D eigenvalue weighted by Gasteiger charge is 2.01. The summed E-state index contributed by atoms with van der Waals surface area (Å²) in [4.78, 5) is 0. The van der Waals surface area contributed by atoms with Crippen molar-refractivity contribution in [1.82, 2.24) is 0 Å².